The van der Waals surface area contributed by atoms with Gasteiger partial charge < -0.3 is 9.88 Å². The Hall–Kier alpha value is -1.15. The molecule has 0 aliphatic heterocycles. The van der Waals surface area contributed by atoms with Crippen molar-refractivity contribution in [3.8, 4) is 0 Å². The van der Waals surface area contributed by atoms with Crippen molar-refractivity contribution in [1.29, 1.82) is 0 Å². The molecular weight excluding hydrogens is 306 g/mol. The van der Waals surface area contributed by atoms with E-state index in [0.717, 1.165) is 23.4 Å². The van der Waals surface area contributed by atoms with Gasteiger partial charge in [-0.15, -0.1) is 11.3 Å². The Labute approximate surface area is 129 Å². The van der Waals surface area contributed by atoms with Crippen LogP contribution in [0.5, 0.6) is 0 Å². The van der Waals surface area contributed by atoms with Gasteiger partial charge in [-0.3, -0.25) is 0 Å². The van der Waals surface area contributed by atoms with Crippen LogP contribution in [0.25, 0.3) is 0 Å². The minimum Gasteiger partial charge on any atom is -0.346 e. The summed E-state index contributed by atoms with van der Waals surface area (Å²) in [6.45, 7) is 1.02. The fraction of sp³-hybridized carbons (Fsp3) is 0.429. The minimum absolute atomic E-state index is 0.343. The standard InChI is InChI=1S/C14H19N3O2S2/c1-15-8-12-7-14(10-17(12)11-4-5-11)21(18,19)16-9-13-3-2-6-20-13/h2-3,6-7,10-11,15-16H,4-5,8-9H2,1H3. The topological polar surface area (TPSA) is 63.1 Å². The van der Waals surface area contributed by atoms with Gasteiger partial charge in [0.25, 0.3) is 0 Å². The van der Waals surface area contributed by atoms with E-state index in [1.54, 1.807) is 23.6 Å². The highest BCUT2D eigenvalue weighted by Gasteiger charge is 2.28. The molecule has 114 valence electrons. The summed E-state index contributed by atoms with van der Waals surface area (Å²) in [5, 5.41) is 5.03. The van der Waals surface area contributed by atoms with Gasteiger partial charge in [0.1, 0.15) is 0 Å². The molecule has 2 heterocycles. The van der Waals surface area contributed by atoms with E-state index in [4.69, 9.17) is 0 Å². The molecule has 0 saturated heterocycles. The molecule has 0 spiro atoms. The molecule has 1 saturated carbocycles. The van der Waals surface area contributed by atoms with Crippen molar-refractivity contribution in [1.82, 2.24) is 14.6 Å². The van der Waals surface area contributed by atoms with Crippen molar-refractivity contribution in [2.75, 3.05) is 7.05 Å². The summed E-state index contributed by atoms with van der Waals surface area (Å²) in [7, 11) is -1.59. The lowest BCUT2D eigenvalue weighted by atomic mass is 10.4. The van der Waals surface area contributed by atoms with Crippen LogP contribution >= 0.6 is 11.3 Å². The van der Waals surface area contributed by atoms with Gasteiger partial charge in [0.05, 0.1) is 4.90 Å². The Morgan fingerprint density at radius 1 is 1.38 bits per heavy atom. The average molecular weight is 325 g/mol. The third kappa shape index (κ3) is 3.37. The fourth-order valence-corrected chi connectivity index (χ4v) is 4.11. The zero-order valence-corrected chi connectivity index (χ0v) is 13.5. The number of sulfonamides is 1. The summed E-state index contributed by atoms with van der Waals surface area (Å²) >= 11 is 1.55. The number of aromatic nitrogens is 1. The van der Waals surface area contributed by atoms with Gasteiger partial charge in [0.2, 0.25) is 10.0 Å². The highest BCUT2D eigenvalue weighted by molar-refractivity contribution is 7.89. The first-order valence-electron chi connectivity index (χ1n) is 6.97. The monoisotopic (exact) mass is 325 g/mol. The lowest BCUT2D eigenvalue weighted by Gasteiger charge is -2.05. The average Bonchev–Trinajstić information content (AvgIpc) is 3.00. The van der Waals surface area contributed by atoms with E-state index in [1.165, 1.54) is 0 Å². The predicted octanol–water partition coefficient (Wildman–Crippen LogP) is 2.08. The van der Waals surface area contributed by atoms with Crippen molar-refractivity contribution >= 4 is 21.4 Å². The van der Waals surface area contributed by atoms with Gasteiger partial charge in [-0.25, -0.2) is 13.1 Å². The Morgan fingerprint density at radius 2 is 2.19 bits per heavy atom. The van der Waals surface area contributed by atoms with Crippen LogP contribution in [-0.4, -0.2) is 20.0 Å². The highest BCUT2D eigenvalue weighted by Crippen LogP contribution is 2.37. The summed E-state index contributed by atoms with van der Waals surface area (Å²) in [6, 6.07) is 6.08. The van der Waals surface area contributed by atoms with Crippen LogP contribution in [0.2, 0.25) is 0 Å². The summed E-state index contributed by atoms with van der Waals surface area (Å²) in [6.07, 6.45) is 4.03. The van der Waals surface area contributed by atoms with E-state index >= 15 is 0 Å². The molecule has 7 heteroatoms. The number of thiophene rings is 1. The zero-order chi connectivity index (χ0) is 14.9. The fourth-order valence-electron chi connectivity index (χ4n) is 2.32. The van der Waals surface area contributed by atoms with Crippen LogP contribution in [0.3, 0.4) is 0 Å². The van der Waals surface area contributed by atoms with E-state index in [-0.39, 0.29) is 0 Å². The highest BCUT2D eigenvalue weighted by atomic mass is 32.2. The molecule has 2 aromatic heterocycles. The predicted molar refractivity (Wildman–Crippen MR) is 83.8 cm³/mol. The molecule has 0 radical (unpaired) electrons. The first-order valence-corrected chi connectivity index (χ1v) is 9.34. The van der Waals surface area contributed by atoms with Gasteiger partial charge >= 0.3 is 0 Å². The lowest BCUT2D eigenvalue weighted by molar-refractivity contribution is 0.581. The molecule has 0 bridgehead atoms. The van der Waals surface area contributed by atoms with Crippen LogP contribution in [-0.2, 0) is 23.1 Å². The molecule has 2 aromatic rings. The summed E-state index contributed by atoms with van der Waals surface area (Å²) < 4.78 is 29.6. The molecule has 0 unspecified atom stereocenters. The van der Waals surface area contributed by atoms with E-state index in [1.807, 2.05) is 24.6 Å². The van der Waals surface area contributed by atoms with E-state index in [0.29, 0.717) is 24.0 Å². The van der Waals surface area contributed by atoms with Crippen molar-refractivity contribution in [3.63, 3.8) is 0 Å². The molecule has 3 rings (SSSR count). The normalized spacial score (nSPS) is 15.5. The molecule has 1 fully saturated rings. The van der Waals surface area contributed by atoms with E-state index < -0.39 is 10.0 Å². The Balaban J connectivity index is 1.79. The number of rotatable bonds is 7. The summed E-state index contributed by atoms with van der Waals surface area (Å²) in [4.78, 5) is 1.37. The molecule has 1 aliphatic rings. The Kier molecular flexibility index (Phi) is 4.17. The molecular formula is C14H19N3O2S2. The second-order valence-electron chi connectivity index (χ2n) is 5.24. The summed E-state index contributed by atoms with van der Waals surface area (Å²) in [5.41, 5.74) is 1.02. The number of hydrogen-bond acceptors (Lipinski definition) is 4. The van der Waals surface area contributed by atoms with Crippen molar-refractivity contribution < 1.29 is 8.42 Å². The smallest absolute Gasteiger partial charge is 0.242 e. The molecule has 0 aromatic carbocycles. The van der Waals surface area contributed by atoms with Gasteiger partial charge in [0.15, 0.2) is 0 Å². The number of nitrogens with zero attached hydrogens (tertiary/aromatic N) is 1. The zero-order valence-electron chi connectivity index (χ0n) is 11.9. The van der Waals surface area contributed by atoms with Crippen LogP contribution in [0.4, 0.5) is 0 Å². The Bertz CT molecular complexity index is 701. The SMILES string of the molecule is CNCc1cc(S(=O)(=O)NCc2cccs2)cn1C1CC1. The number of nitrogens with one attached hydrogen (secondary N) is 2. The van der Waals surface area contributed by atoms with Gasteiger partial charge in [-0.05, 0) is 37.4 Å². The largest absolute Gasteiger partial charge is 0.346 e. The van der Waals surface area contributed by atoms with E-state index in [2.05, 4.69) is 14.6 Å². The molecule has 1 aliphatic carbocycles. The second kappa shape index (κ2) is 5.92. The van der Waals surface area contributed by atoms with Crippen molar-refractivity contribution in [3.05, 3.63) is 40.3 Å². The first kappa shape index (κ1) is 14.8. The maximum Gasteiger partial charge on any atom is 0.242 e. The summed E-state index contributed by atoms with van der Waals surface area (Å²) in [5.74, 6) is 0. The minimum atomic E-state index is -3.45. The van der Waals surface area contributed by atoms with Crippen LogP contribution in [0, 0.1) is 0 Å². The third-order valence-corrected chi connectivity index (χ3v) is 5.78. The van der Waals surface area contributed by atoms with Crippen molar-refractivity contribution in [2.24, 2.45) is 0 Å². The maximum atomic E-state index is 12.4. The second-order valence-corrected chi connectivity index (χ2v) is 8.04. The molecule has 5 nitrogen and oxygen atoms in total. The van der Waals surface area contributed by atoms with Crippen LogP contribution < -0.4 is 10.0 Å². The Morgan fingerprint density at radius 3 is 2.81 bits per heavy atom. The van der Waals surface area contributed by atoms with E-state index in [9.17, 15) is 8.42 Å². The lowest BCUT2D eigenvalue weighted by Crippen LogP contribution is -2.22. The molecule has 0 atom stereocenters. The quantitative estimate of drug-likeness (QED) is 0.819. The third-order valence-electron chi connectivity index (χ3n) is 3.53. The molecule has 21 heavy (non-hydrogen) atoms. The van der Waals surface area contributed by atoms with Gasteiger partial charge in [-0.2, -0.15) is 0 Å². The van der Waals surface area contributed by atoms with Crippen molar-refractivity contribution in [2.45, 2.75) is 36.9 Å². The molecule has 0 amide bonds. The number of hydrogen-bond donors (Lipinski definition) is 2. The maximum absolute atomic E-state index is 12.4. The first-order chi connectivity index (χ1) is 10.1. The van der Waals surface area contributed by atoms with Crippen LogP contribution in [0.1, 0.15) is 29.5 Å². The van der Waals surface area contributed by atoms with Gasteiger partial charge in [-0.1, -0.05) is 6.07 Å². The van der Waals surface area contributed by atoms with Crippen LogP contribution in [0.15, 0.2) is 34.7 Å². The van der Waals surface area contributed by atoms with Gasteiger partial charge in [0, 0.05) is 35.9 Å². The molecule has 2 N–H and O–H groups in total.